The van der Waals surface area contributed by atoms with Crippen LogP contribution in [0, 0.1) is 11.8 Å². The van der Waals surface area contributed by atoms with E-state index in [0.29, 0.717) is 13.2 Å². The summed E-state index contributed by atoms with van der Waals surface area (Å²) in [5.41, 5.74) is -0.688. The molecular formula is C20H25F3N2O3S. The van der Waals surface area contributed by atoms with Gasteiger partial charge < -0.3 is 14.8 Å². The number of fused-ring (bicyclic) bond motifs is 1. The summed E-state index contributed by atoms with van der Waals surface area (Å²) in [7, 11) is 1.28. The monoisotopic (exact) mass is 430 g/mol. The number of halogens is 3. The number of nitrogens with one attached hydrogen (secondary N) is 1. The van der Waals surface area contributed by atoms with E-state index < -0.39 is 17.6 Å². The number of benzene rings is 1. The van der Waals surface area contributed by atoms with Crippen molar-refractivity contribution >= 4 is 17.7 Å². The molecule has 0 radical (unpaired) electrons. The standard InChI is InChI=1S/C20H25F3N2O3S/c1-27-16-6-13(20(21,22)23)7-17(29-2)18(16)19(26)24-14-10-28-4-3-15(14)25-8-11-5-12(11)9-25/h6-7,11-12,14-15H,3-5,8-10H2,1-2H3,(H,24,26). The number of thioether (sulfide) groups is 1. The number of rotatable bonds is 5. The zero-order chi connectivity index (χ0) is 20.8. The third-order valence-electron chi connectivity index (χ3n) is 6.17. The van der Waals surface area contributed by atoms with E-state index in [-0.39, 0.29) is 28.3 Å². The van der Waals surface area contributed by atoms with Crippen molar-refractivity contribution in [3.8, 4) is 5.75 Å². The number of carbonyl (C=O) groups is 1. The van der Waals surface area contributed by atoms with Crippen LogP contribution in [0.25, 0.3) is 0 Å². The molecule has 9 heteroatoms. The SMILES string of the molecule is COc1cc(C(F)(F)F)cc(SC)c1C(=O)NC1COCCC1N1CC2CC2C1. The van der Waals surface area contributed by atoms with Gasteiger partial charge in [0.05, 0.1) is 30.9 Å². The summed E-state index contributed by atoms with van der Waals surface area (Å²) >= 11 is 1.10. The van der Waals surface area contributed by atoms with Crippen LogP contribution in [0.1, 0.15) is 28.8 Å². The maximum Gasteiger partial charge on any atom is 0.416 e. The summed E-state index contributed by atoms with van der Waals surface area (Å²) in [4.78, 5) is 15.8. The van der Waals surface area contributed by atoms with Crippen LogP contribution in [-0.4, -0.2) is 62.6 Å². The van der Waals surface area contributed by atoms with Crippen LogP contribution >= 0.6 is 11.8 Å². The summed E-state index contributed by atoms with van der Waals surface area (Å²) < 4.78 is 50.4. The molecule has 2 saturated heterocycles. The molecule has 4 atom stereocenters. The summed E-state index contributed by atoms with van der Waals surface area (Å²) in [6.07, 6.45) is -0.721. The molecule has 1 aromatic rings. The lowest BCUT2D eigenvalue weighted by atomic mass is 10.0. The first-order valence-electron chi connectivity index (χ1n) is 9.77. The maximum absolute atomic E-state index is 13.2. The van der Waals surface area contributed by atoms with Crippen LogP contribution in [0.3, 0.4) is 0 Å². The lowest BCUT2D eigenvalue weighted by Gasteiger charge is -2.39. The van der Waals surface area contributed by atoms with Crippen LogP contribution in [0.2, 0.25) is 0 Å². The Balaban J connectivity index is 1.56. The van der Waals surface area contributed by atoms with Crippen molar-refractivity contribution in [3.63, 3.8) is 0 Å². The van der Waals surface area contributed by atoms with Crippen molar-refractivity contribution in [3.05, 3.63) is 23.3 Å². The number of hydrogen-bond acceptors (Lipinski definition) is 5. The Morgan fingerprint density at radius 1 is 1.31 bits per heavy atom. The Bertz CT molecular complexity index is 754. The van der Waals surface area contributed by atoms with Gasteiger partial charge in [0.1, 0.15) is 5.75 Å². The molecule has 0 bridgehead atoms. The van der Waals surface area contributed by atoms with Crippen molar-refractivity contribution in [1.82, 2.24) is 10.2 Å². The second kappa shape index (κ2) is 8.00. The number of nitrogens with zero attached hydrogens (tertiary/aromatic N) is 1. The molecule has 5 nitrogen and oxygen atoms in total. The minimum Gasteiger partial charge on any atom is -0.496 e. The summed E-state index contributed by atoms with van der Waals surface area (Å²) in [6, 6.07) is 1.89. The van der Waals surface area contributed by atoms with Gasteiger partial charge in [-0.2, -0.15) is 13.2 Å². The Labute approximate surface area is 172 Å². The van der Waals surface area contributed by atoms with Crippen molar-refractivity contribution in [1.29, 1.82) is 0 Å². The second-order valence-electron chi connectivity index (χ2n) is 7.97. The Morgan fingerprint density at radius 3 is 2.66 bits per heavy atom. The number of methoxy groups -OCH3 is 1. The van der Waals surface area contributed by atoms with E-state index in [9.17, 15) is 18.0 Å². The lowest BCUT2D eigenvalue weighted by molar-refractivity contribution is -0.137. The van der Waals surface area contributed by atoms with Crippen molar-refractivity contribution in [2.45, 2.75) is 36.0 Å². The minimum atomic E-state index is -4.51. The highest BCUT2D eigenvalue weighted by molar-refractivity contribution is 7.98. The van der Waals surface area contributed by atoms with Gasteiger partial charge in [-0.25, -0.2) is 0 Å². The van der Waals surface area contributed by atoms with Gasteiger partial charge in [0.25, 0.3) is 5.91 Å². The average molecular weight is 430 g/mol. The van der Waals surface area contributed by atoms with Gasteiger partial charge in [0, 0.05) is 30.6 Å². The minimum absolute atomic E-state index is 0.0719. The highest BCUT2D eigenvalue weighted by atomic mass is 32.2. The zero-order valence-corrected chi connectivity index (χ0v) is 17.2. The van der Waals surface area contributed by atoms with E-state index in [1.807, 2.05) is 0 Å². The number of piperidine rings is 1. The first kappa shape index (κ1) is 20.8. The molecule has 29 heavy (non-hydrogen) atoms. The molecule has 2 heterocycles. The lowest BCUT2D eigenvalue weighted by Crippen LogP contribution is -2.56. The third kappa shape index (κ3) is 4.22. The number of alkyl halides is 3. The molecule has 3 aliphatic rings. The smallest absolute Gasteiger partial charge is 0.416 e. The van der Waals surface area contributed by atoms with Crippen molar-refractivity contribution < 1.29 is 27.4 Å². The fourth-order valence-electron chi connectivity index (χ4n) is 4.55. The molecule has 0 spiro atoms. The molecule has 160 valence electrons. The average Bonchev–Trinajstić information content (AvgIpc) is 3.31. The first-order chi connectivity index (χ1) is 13.8. The fourth-order valence-corrected chi connectivity index (χ4v) is 5.19. The van der Waals surface area contributed by atoms with E-state index >= 15 is 0 Å². The molecule has 2 aliphatic heterocycles. The molecule has 1 aromatic carbocycles. The predicted octanol–water partition coefficient (Wildman–Crippen LogP) is 3.27. The van der Waals surface area contributed by atoms with Crippen LogP contribution in [-0.2, 0) is 10.9 Å². The number of amides is 1. The quantitative estimate of drug-likeness (QED) is 0.727. The molecule has 1 saturated carbocycles. The molecule has 1 amide bonds. The third-order valence-corrected chi connectivity index (χ3v) is 6.93. The second-order valence-corrected chi connectivity index (χ2v) is 8.82. The summed E-state index contributed by atoms with van der Waals surface area (Å²) in [5.74, 6) is 1.07. The summed E-state index contributed by atoms with van der Waals surface area (Å²) in [5, 5.41) is 3.02. The molecule has 4 rings (SSSR count). The molecule has 3 fully saturated rings. The van der Waals surface area contributed by atoms with Crippen LogP contribution in [0.4, 0.5) is 13.2 Å². The molecular weight excluding hydrogens is 405 g/mol. The highest BCUT2D eigenvalue weighted by Gasteiger charge is 2.48. The van der Waals surface area contributed by atoms with Gasteiger partial charge in [-0.1, -0.05) is 0 Å². The number of hydrogen-bond donors (Lipinski definition) is 1. The summed E-state index contributed by atoms with van der Waals surface area (Å²) in [6.45, 7) is 3.17. The van der Waals surface area contributed by atoms with E-state index in [2.05, 4.69) is 10.2 Å². The topological polar surface area (TPSA) is 50.8 Å². The number of carbonyl (C=O) groups excluding carboxylic acids is 1. The Hall–Kier alpha value is -1.45. The van der Waals surface area contributed by atoms with Crippen LogP contribution < -0.4 is 10.1 Å². The van der Waals surface area contributed by atoms with Gasteiger partial charge in [-0.05, 0) is 43.1 Å². The van der Waals surface area contributed by atoms with E-state index in [1.165, 1.54) is 13.5 Å². The van der Waals surface area contributed by atoms with Gasteiger partial charge in [-0.15, -0.1) is 11.8 Å². The van der Waals surface area contributed by atoms with Gasteiger partial charge in [0.15, 0.2) is 0 Å². The fraction of sp³-hybridized carbons (Fsp3) is 0.650. The van der Waals surface area contributed by atoms with Crippen molar-refractivity contribution in [2.24, 2.45) is 11.8 Å². The molecule has 1 N–H and O–H groups in total. The molecule has 0 aromatic heterocycles. The van der Waals surface area contributed by atoms with Gasteiger partial charge >= 0.3 is 6.18 Å². The van der Waals surface area contributed by atoms with Crippen molar-refractivity contribution in [2.75, 3.05) is 39.7 Å². The molecule has 1 aliphatic carbocycles. The van der Waals surface area contributed by atoms with E-state index in [1.54, 1.807) is 6.26 Å². The predicted molar refractivity (Wildman–Crippen MR) is 103 cm³/mol. The van der Waals surface area contributed by atoms with Gasteiger partial charge in [-0.3, -0.25) is 9.69 Å². The van der Waals surface area contributed by atoms with Crippen LogP contribution in [0.5, 0.6) is 5.75 Å². The largest absolute Gasteiger partial charge is 0.496 e. The number of likely N-dealkylation sites (tertiary alicyclic amines) is 1. The Morgan fingerprint density at radius 2 is 2.03 bits per heavy atom. The maximum atomic E-state index is 13.2. The van der Waals surface area contributed by atoms with Gasteiger partial charge in [0.2, 0.25) is 0 Å². The zero-order valence-electron chi connectivity index (χ0n) is 16.4. The normalized spacial score (nSPS) is 29.4. The molecule has 4 unspecified atom stereocenters. The van der Waals surface area contributed by atoms with Crippen LogP contribution in [0.15, 0.2) is 17.0 Å². The van der Waals surface area contributed by atoms with E-state index in [4.69, 9.17) is 9.47 Å². The first-order valence-corrected chi connectivity index (χ1v) is 11.0. The highest BCUT2D eigenvalue weighted by Crippen LogP contribution is 2.46. The van der Waals surface area contributed by atoms with E-state index in [0.717, 1.165) is 55.2 Å². The Kier molecular flexibility index (Phi) is 5.74. The number of ether oxygens (including phenoxy) is 2.